The van der Waals surface area contributed by atoms with E-state index in [9.17, 15) is 0 Å². The van der Waals surface area contributed by atoms with Crippen LogP contribution >= 0.6 is 0 Å². The van der Waals surface area contributed by atoms with Crippen LogP contribution in [0.15, 0.2) is 107 Å². The molecule has 0 atom stereocenters. The molecule has 0 saturated carbocycles. The molecule has 0 radical (unpaired) electrons. The molecule has 1 N–H and O–H groups in total. The number of nitrogens with one attached hydrogen (secondary N) is 1. The lowest BCUT2D eigenvalue weighted by molar-refractivity contribution is 0.415. The van der Waals surface area contributed by atoms with Crippen molar-refractivity contribution in [3.63, 3.8) is 0 Å². The Kier molecular flexibility index (Phi) is 4.66. The summed E-state index contributed by atoms with van der Waals surface area (Å²) in [5, 5.41) is 8.83. The van der Waals surface area contributed by atoms with E-state index in [1.54, 1.807) is 7.11 Å². The standard InChI is InChI=1S/C26H20N2O2/c1-29-22-14-11-19(12-15-22)26-17-24(23-8-4-5-9-25(23)30-26)28-27-21-13-10-18-6-2-3-7-20(18)16-21/h2-17,27H,1H3/b28-24-. The Morgan fingerprint density at radius 3 is 2.37 bits per heavy atom. The minimum atomic E-state index is 0.746. The van der Waals surface area contributed by atoms with Gasteiger partial charge < -0.3 is 9.15 Å². The van der Waals surface area contributed by atoms with E-state index >= 15 is 0 Å². The average molecular weight is 392 g/mol. The SMILES string of the molecule is COc1ccc(-c2c/c(=N/Nc3ccc4ccccc4c3)c3ccccc3o2)cc1. The minimum absolute atomic E-state index is 0.746. The molecule has 5 rings (SSSR count). The van der Waals surface area contributed by atoms with Crippen molar-refractivity contribution in [2.75, 3.05) is 12.5 Å². The van der Waals surface area contributed by atoms with Gasteiger partial charge in [0.1, 0.15) is 17.1 Å². The van der Waals surface area contributed by atoms with Gasteiger partial charge in [0, 0.05) is 17.0 Å². The third kappa shape index (κ3) is 3.51. The number of hydrogen-bond donors (Lipinski definition) is 1. The third-order valence-corrected chi connectivity index (χ3v) is 5.08. The van der Waals surface area contributed by atoms with Crippen molar-refractivity contribution in [1.82, 2.24) is 0 Å². The van der Waals surface area contributed by atoms with Gasteiger partial charge in [0.05, 0.1) is 18.2 Å². The number of para-hydroxylation sites is 1. The fraction of sp³-hybridized carbons (Fsp3) is 0.0385. The monoisotopic (exact) mass is 392 g/mol. The highest BCUT2D eigenvalue weighted by molar-refractivity contribution is 5.85. The number of fused-ring (bicyclic) bond motifs is 2. The van der Waals surface area contributed by atoms with Crippen LogP contribution < -0.4 is 15.5 Å². The molecule has 1 aromatic heterocycles. The summed E-state index contributed by atoms with van der Waals surface area (Å²) in [5.74, 6) is 1.55. The number of hydrogen-bond acceptors (Lipinski definition) is 4. The summed E-state index contributed by atoms with van der Waals surface area (Å²) in [5.41, 5.74) is 5.88. The van der Waals surface area contributed by atoms with Gasteiger partial charge in [0.15, 0.2) is 0 Å². The van der Waals surface area contributed by atoms with E-state index in [1.807, 2.05) is 72.8 Å². The zero-order valence-electron chi connectivity index (χ0n) is 16.5. The molecule has 0 unspecified atom stereocenters. The highest BCUT2D eigenvalue weighted by Gasteiger charge is 2.06. The summed E-state index contributed by atoms with van der Waals surface area (Å²) >= 11 is 0. The lowest BCUT2D eigenvalue weighted by atomic mass is 10.1. The van der Waals surface area contributed by atoms with Gasteiger partial charge in [-0.1, -0.05) is 42.5 Å². The maximum absolute atomic E-state index is 6.14. The lowest BCUT2D eigenvalue weighted by Gasteiger charge is -2.07. The minimum Gasteiger partial charge on any atom is -0.497 e. The van der Waals surface area contributed by atoms with Crippen molar-refractivity contribution in [3.05, 3.63) is 102 Å². The van der Waals surface area contributed by atoms with Gasteiger partial charge in [-0.3, -0.25) is 5.43 Å². The van der Waals surface area contributed by atoms with E-state index in [2.05, 4.69) is 29.7 Å². The number of nitrogens with zero attached hydrogens (tertiary/aromatic N) is 1. The zero-order chi connectivity index (χ0) is 20.3. The van der Waals surface area contributed by atoms with Crippen molar-refractivity contribution in [2.24, 2.45) is 5.10 Å². The van der Waals surface area contributed by atoms with Gasteiger partial charge in [-0.25, -0.2) is 0 Å². The second-order valence-corrected chi connectivity index (χ2v) is 7.01. The molecule has 4 heteroatoms. The Hall–Kier alpha value is -4.05. The van der Waals surface area contributed by atoms with Crippen molar-refractivity contribution in [3.8, 4) is 17.1 Å². The van der Waals surface area contributed by atoms with Crippen LogP contribution in [0.25, 0.3) is 33.1 Å². The van der Waals surface area contributed by atoms with Crippen LogP contribution in [-0.2, 0) is 0 Å². The molecule has 0 aliphatic carbocycles. The summed E-state index contributed by atoms with van der Waals surface area (Å²) < 4.78 is 11.4. The second-order valence-electron chi connectivity index (χ2n) is 7.01. The van der Waals surface area contributed by atoms with Crippen molar-refractivity contribution < 1.29 is 9.15 Å². The van der Waals surface area contributed by atoms with E-state index < -0.39 is 0 Å². The quantitative estimate of drug-likeness (QED) is 0.371. The predicted octanol–water partition coefficient (Wildman–Crippen LogP) is 6.19. The largest absolute Gasteiger partial charge is 0.497 e. The lowest BCUT2D eigenvalue weighted by Crippen LogP contribution is -2.07. The van der Waals surface area contributed by atoms with E-state index in [0.717, 1.165) is 39.1 Å². The molecule has 0 amide bonds. The molecule has 4 aromatic carbocycles. The Morgan fingerprint density at radius 1 is 0.767 bits per heavy atom. The van der Waals surface area contributed by atoms with Crippen LogP contribution in [0.4, 0.5) is 5.69 Å². The number of anilines is 1. The molecular formula is C26H20N2O2. The van der Waals surface area contributed by atoms with Gasteiger partial charge in [0.2, 0.25) is 0 Å². The Morgan fingerprint density at radius 2 is 1.53 bits per heavy atom. The molecular weight excluding hydrogens is 372 g/mol. The zero-order valence-corrected chi connectivity index (χ0v) is 16.5. The fourth-order valence-corrected chi connectivity index (χ4v) is 3.49. The van der Waals surface area contributed by atoms with Gasteiger partial charge in [-0.2, -0.15) is 5.10 Å². The number of benzene rings is 4. The topological polar surface area (TPSA) is 46.8 Å². The summed E-state index contributed by atoms with van der Waals surface area (Å²) in [4.78, 5) is 0. The van der Waals surface area contributed by atoms with Gasteiger partial charge >= 0.3 is 0 Å². The first-order chi connectivity index (χ1) is 14.8. The van der Waals surface area contributed by atoms with Crippen LogP contribution in [0.5, 0.6) is 5.75 Å². The van der Waals surface area contributed by atoms with Crippen LogP contribution in [0.3, 0.4) is 0 Å². The van der Waals surface area contributed by atoms with Gasteiger partial charge in [-0.05, 0) is 59.3 Å². The first-order valence-electron chi connectivity index (χ1n) is 9.76. The van der Waals surface area contributed by atoms with Crippen LogP contribution in [0.1, 0.15) is 0 Å². The molecule has 5 aromatic rings. The molecule has 0 spiro atoms. The number of rotatable bonds is 4. The van der Waals surface area contributed by atoms with E-state index in [-0.39, 0.29) is 0 Å². The van der Waals surface area contributed by atoms with Crippen LogP contribution in [-0.4, -0.2) is 7.11 Å². The maximum Gasteiger partial charge on any atom is 0.136 e. The second kappa shape index (κ2) is 7.76. The van der Waals surface area contributed by atoms with E-state index in [1.165, 1.54) is 10.8 Å². The molecule has 0 aliphatic rings. The highest BCUT2D eigenvalue weighted by Crippen LogP contribution is 2.24. The van der Waals surface area contributed by atoms with Crippen LogP contribution in [0.2, 0.25) is 0 Å². The summed E-state index contributed by atoms with van der Waals surface area (Å²) in [7, 11) is 1.66. The smallest absolute Gasteiger partial charge is 0.136 e. The molecule has 0 bridgehead atoms. The first kappa shape index (κ1) is 18.0. The maximum atomic E-state index is 6.14. The molecule has 30 heavy (non-hydrogen) atoms. The Labute approximate surface area is 174 Å². The molecule has 1 heterocycles. The van der Waals surface area contributed by atoms with Crippen molar-refractivity contribution in [1.29, 1.82) is 0 Å². The first-order valence-corrected chi connectivity index (χ1v) is 9.76. The third-order valence-electron chi connectivity index (χ3n) is 5.08. The summed E-state index contributed by atoms with van der Waals surface area (Å²) in [6.45, 7) is 0. The highest BCUT2D eigenvalue weighted by atomic mass is 16.5. The number of ether oxygens (including phenoxy) is 1. The molecule has 0 aliphatic heterocycles. The average Bonchev–Trinajstić information content (AvgIpc) is 2.82. The Bertz CT molecular complexity index is 1400. The summed E-state index contributed by atoms with van der Waals surface area (Å²) in [6, 6.07) is 32.2. The molecule has 4 nitrogen and oxygen atoms in total. The molecule has 146 valence electrons. The Balaban J connectivity index is 1.59. The van der Waals surface area contributed by atoms with Gasteiger partial charge in [-0.15, -0.1) is 0 Å². The fourth-order valence-electron chi connectivity index (χ4n) is 3.49. The van der Waals surface area contributed by atoms with Gasteiger partial charge in [0.25, 0.3) is 0 Å². The molecule has 0 saturated heterocycles. The van der Waals surface area contributed by atoms with E-state index in [4.69, 9.17) is 14.3 Å². The number of methoxy groups -OCH3 is 1. The van der Waals surface area contributed by atoms with E-state index in [0.29, 0.717) is 0 Å². The van der Waals surface area contributed by atoms with Crippen LogP contribution in [0, 0.1) is 0 Å². The van der Waals surface area contributed by atoms with Crippen molar-refractivity contribution >= 4 is 27.4 Å². The molecule has 0 fully saturated rings. The van der Waals surface area contributed by atoms with Crippen molar-refractivity contribution in [2.45, 2.75) is 0 Å². The summed E-state index contributed by atoms with van der Waals surface area (Å²) in [6.07, 6.45) is 0. The predicted molar refractivity (Wildman–Crippen MR) is 121 cm³/mol. The normalized spacial score (nSPS) is 11.7.